The lowest BCUT2D eigenvalue weighted by Gasteiger charge is -2.15. The number of aromatic nitrogens is 4. The van der Waals surface area contributed by atoms with Crippen LogP contribution in [-0.2, 0) is 0 Å². The van der Waals surface area contributed by atoms with E-state index >= 15 is 0 Å². The summed E-state index contributed by atoms with van der Waals surface area (Å²) in [5, 5.41) is 4.39. The minimum atomic E-state index is -0.192. The van der Waals surface area contributed by atoms with Gasteiger partial charge in [0.2, 0.25) is 0 Å². The fourth-order valence-electron chi connectivity index (χ4n) is 4.52. The normalized spacial score (nSPS) is 17.6. The Hall–Kier alpha value is -3.58. The van der Waals surface area contributed by atoms with Gasteiger partial charge in [-0.05, 0) is 85.1 Å². The summed E-state index contributed by atoms with van der Waals surface area (Å²) in [5.41, 5.74) is 7.97. The lowest BCUT2D eigenvalue weighted by Crippen LogP contribution is -2.33. The quantitative estimate of drug-likeness (QED) is 0.291. The third-order valence-electron chi connectivity index (χ3n) is 6.69. The summed E-state index contributed by atoms with van der Waals surface area (Å²) < 4.78 is 28.8. The van der Waals surface area contributed by atoms with Crippen LogP contribution in [0.2, 0.25) is 0 Å². The zero-order valence-corrected chi connectivity index (χ0v) is 23.7. The predicted molar refractivity (Wildman–Crippen MR) is 162 cm³/mol. The fraction of sp³-hybridized carbons (Fsp3) is 0.286. The van der Waals surface area contributed by atoms with Crippen LogP contribution in [0.15, 0.2) is 86.0 Å². The second-order valence-corrected chi connectivity index (χ2v) is 10.1. The fourth-order valence-corrected chi connectivity index (χ4v) is 4.90. The minimum Gasteiger partial charge on any atom is -0.376 e. The van der Waals surface area contributed by atoms with E-state index in [4.69, 9.17) is 30.2 Å². The Kier molecular flexibility index (Phi) is 11.8. The van der Waals surface area contributed by atoms with E-state index in [-0.39, 0.29) is 17.8 Å². The highest BCUT2D eigenvalue weighted by Gasteiger charge is 2.24. The molecule has 4 heterocycles. The Bertz CT molecular complexity index is 1270. The van der Waals surface area contributed by atoms with Gasteiger partial charge in [-0.15, -0.1) is 0 Å². The van der Waals surface area contributed by atoms with E-state index in [9.17, 15) is 8.78 Å². The number of hydrogen-bond donors (Lipinski definition) is 3. The van der Waals surface area contributed by atoms with Crippen LogP contribution in [-0.4, -0.2) is 60.4 Å². The smallest absolute Gasteiger partial charge is 0.190 e. The Morgan fingerprint density at radius 1 is 0.825 bits per heavy atom. The van der Waals surface area contributed by atoms with Crippen molar-refractivity contribution in [3.8, 4) is 0 Å². The number of nitrogens with two attached hydrogens (primary N) is 1. The van der Waals surface area contributed by atoms with E-state index < -0.39 is 0 Å². The lowest BCUT2D eigenvalue weighted by atomic mass is 9.99. The van der Waals surface area contributed by atoms with Crippen LogP contribution in [0.4, 0.5) is 8.78 Å². The van der Waals surface area contributed by atoms with Crippen molar-refractivity contribution in [2.24, 2.45) is 5.73 Å². The minimum absolute atomic E-state index is 0. The van der Waals surface area contributed by atoms with E-state index in [1.165, 1.54) is 36.2 Å². The van der Waals surface area contributed by atoms with E-state index in [1.54, 1.807) is 46.6 Å². The first-order valence-corrected chi connectivity index (χ1v) is 13.5. The molecule has 0 amide bonds. The Morgan fingerprint density at radius 2 is 1.35 bits per heavy atom. The molecule has 0 radical (unpaired) electrons. The van der Waals surface area contributed by atoms with Gasteiger partial charge in [-0.1, -0.05) is 24.3 Å². The van der Waals surface area contributed by atoms with Gasteiger partial charge in [-0.3, -0.25) is 9.13 Å². The average molecular weight is 585 g/mol. The SMILES string of the molecule is Fc1ccc(C2CCNC2)cc1.N.NC(=S)N1CCC(c2ccc(F)cc2)C1.S=C(n1ccnc1)n1ccnc1. The molecule has 2 aliphatic rings. The maximum absolute atomic E-state index is 12.7. The lowest BCUT2D eigenvalue weighted by molar-refractivity contribution is 0.514. The first-order valence-electron chi connectivity index (χ1n) is 12.7. The van der Waals surface area contributed by atoms with Crippen molar-refractivity contribution in [1.82, 2.24) is 35.5 Å². The number of thiocarbonyl (C=S) groups is 2. The molecule has 2 fully saturated rings. The first-order chi connectivity index (χ1) is 18.9. The van der Waals surface area contributed by atoms with Gasteiger partial charge < -0.3 is 22.1 Å². The molecule has 6 N–H and O–H groups in total. The van der Waals surface area contributed by atoms with Crippen molar-refractivity contribution >= 4 is 34.7 Å². The van der Waals surface area contributed by atoms with E-state index in [0.29, 0.717) is 22.1 Å². The number of hydrogen-bond acceptors (Lipinski definition) is 6. The molecule has 6 rings (SSSR count). The molecular weight excluding hydrogens is 550 g/mol. The Labute approximate surface area is 243 Å². The number of imidazole rings is 2. The molecule has 2 aliphatic heterocycles. The topological polar surface area (TPSA) is 112 Å². The molecule has 2 saturated heterocycles. The van der Waals surface area contributed by atoms with Crippen molar-refractivity contribution in [2.75, 3.05) is 26.2 Å². The highest BCUT2D eigenvalue weighted by Crippen LogP contribution is 2.27. The van der Waals surface area contributed by atoms with Gasteiger partial charge in [-0.2, -0.15) is 0 Å². The van der Waals surface area contributed by atoms with Gasteiger partial charge in [0.15, 0.2) is 10.2 Å². The second-order valence-electron chi connectivity index (χ2n) is 9.29. The number of nitrogens with one attached hydrogen (secondary N) is 1. The molecule has 8 nitrogen and oxygen atoms in total. The third kappa shape index (κ3) is 8.71. The number of benzene rings is 2. The van der Waals surface area contributed by atoms with Crippen molar-refractivity contribution in [3.05, 3.63) is 109 Å². The Morgan fingerprint density at radius 3 is 1.75 bits per heavy atom. The van der Waals surface area contributed by atoms with E-state index in [0.717, 1.165) is 38.2 Å². The molecule has 0 aliphatic carbocycles. The van der Waals surface area contributed by atoms with Crippen molar-refractivity contribution in [3.63, 3.8) is 0 Å². The van der Waals surface area contributed by atoms with Crippen LogP contribution in [0.25, 0.3) is 0 Å². The number of likely N-dealkylation sites (tertiary alicyclic amines) is 1. The molecule has 2 aromatic heterocycles. The third-order valence-corrected chi connectivity index (χ3v) is 7.37. The highest BCUT2D eigenvalue weighted by atomic mass is 32.1. The van der Waals surface area contributed by atoms with E-state index in [2.05, 4.69) is 15.3 Å². The standard InChI is InChI=1S/C11H13FN2S.C10H12FN.C7H6N4S.H3N/c12-10-3-1-8(2-4-10)9-5-6-14(7-9)11(13)15;11-10-3-1-8(2-4-10)9-5-6-12-7-9;12-7(10-3-1-8-5-10)11-4-2-9-6-11;/h1-4,9H,5-7H2,(H2,13,15);1-4,9,12H,5-7H2;1-6H;1H3. The molecule has 2 aromatic carbocycles. The van der Waals surface area contributed by atoms with Crippen LogP contribution in [0.1, 0.15) is 35.8 Å². The monoisotopic (exact) mass is 584 g/mol. The summed E-state index contributed by atoms with van der Waals surface area (Å²) >= 11 is 10.1. The van der Waals surface area contributed by atoms with Gasteiger partial charge >= 0.3 is 0 Å². The summed E-state index contributed by atoms with van der Waals surface area (Å²) in [7, 11) is 0. The zero-order chi connectivity index (χ0) is 27.6. The number of halogens is 2. The molecular formula is C28H34F2N8S2. The summed E-state index contributed by atoms with van der Waals surface area (Å²) in [4.78, 5) is 9.78. The van der Waals surface area contributed by atoms with Gasteiger partial charge in [0.25, 0.3) is 0 Å². The number of rotatable bonds is 2. The average Bonchev–Trinajstić information content (AvgIpc) is 3.78. The molecule has 0 bridgehead atoms. The maximum atomic E-state index is 12.7. The van der Waals surface area contributed by atoms with Crippen molar-refractivity contribution < 1.29 is 8.78 Å². The molecule has 12 heteroatoms. The molecule has 4 aromatic rings. The second kappa shape index (κ2) is 15.3. The van der Waals surface area contributed by atoms with Crippen LogP contribution >= 0.6 is 24.4 Å². The largest absolute Gasteiger partial charge is 0.376 e. The van der Waals surface area contributed by atoms with Gasteiger partial charge in [0, 0.05) is 50.3 Å². The van der Waals surface area contributed by atoms with Gasteiger partial charge in [-0.25, -0.2) is 18.7 Å². The zero-order valence-electron chi connectivity index (χ0n) is 22.1. The molecule has 40 heavy (non-hydrogen) atoms. The molecule has 212 valence electrons. The summed E-state index contributed by atoms with van der Waals surface area (Å²) in [6.45, 7) is 3.87. The molecule has 0 spiro atoms. The Balaban J connectivity index is 0.000000165. The van der Waals surface area contributed by atoms with Crippen molar-refractivity contribution in [2.45, 2.75) is 24.7 Å². The summed E-state index contributed by atoms with van der Waals surface area (Å²) in [6, 6.07) is 13.5. The predicted octanol–water partition coefficient (Wildman–Crippen LogP) is 4.68. The highest BCUT2D eigenvalue weighted by molar-refractivity contribution is 7.80. The summed E-state index contributed by atoms with van der Waals surface area (Å²) in [5.74, 6) is 0.672. The summed E-state index contributed by atoms with van der Waals surface area (Å²) in [6.07, 6.45) is 12.5. The first kappa shape index (κ1) is 31.0. The molecule has 0 saturated carbocycles. The van der Waals surface area contributed by atoms with Crippen LogP contribution in [0.3, 0.4) is 0 Å². The van der Waals surface area contributed by atoms with E-state index in [1.807, 2.05) is 29.2 Å². The van der Waals surface area contributed by atoms with Crippen LogP contribution in [0.5, 0.6) is 0 Å². The van der Waals surface area contributed by atoms with Gasteiger partial charge in [0.05, 0.1) is 0 Å². The number of nitrogens with zero attached hydrogens (tertiary/aromatic N) is 5. The maximum Gasteiger partial charge on any atom is 0.190 e. The molecule has 2 atom stereocenters. The van der Waals surface area contributed by atoms with Gasteiger partial charge in [0.1, 0.15) is 24.3 Å². The van der Waals surface area contributed by atoms with Crippen LogP contribution < -0.4 is 17.2 Å². The van der Waals surface area contributed by atoms with Crippen LogP contribution in [0, 0.1) is 11.6 Å². The van der Waals surface area contributed by atoms with Crippen molar-refractivity contribution in [1.29, 1.82) is 0 Å². The molecule has 2 unspecified atom stereocenters.